The van der Waals surface area contributed by atoms with Crippen LogP contribution in [0.3, 0.4) is 0 Å². The van der Waals surface area contributed by atoms with E-state index in [1.165, 1.54) is 9.13 Å². The maximum Gasteiger partial charge on any atom is 0.441 e. The summed E-state index contributed by atoms with van der Waals surface area (Å²) in [6.45, 7) is 0.0460. The molecule has 0 spiro atoms. The predicted octanol–water partition coefficient (Wildman–Crippen LogP) is 2.59. The van der Waals surface area contributed by atoms with E-state index in [9.17, 15) is 18.0 Å². The molecule has 0 unspecified atom stereocenters. The van der Waals surface area contributed by atoms with E-state index in [0.29, 0.717) is 5.52 Å². The number of aryl methyl sites for hydroxylation is 2. The molecular formula is C11H11F3N2OS. The first-order chi connectivity index (χ1) is 8.40. The molecule has 0 aliphatic heterocycles. The lowest BCUT2D eigenvalue weighted by Gasteiger charge is -2.06. The lowest BCUT2D eigenvalue weighted by molar-refractivity contribution is -0.0328. The van der Waals surface area contributed by atoms with Crippen LogP contribution in [0.1, 0.15) is 0 Å². The molecule has 2 rings (SSSR count). The molecule has 0 radical (unpaired) electrons. The molecule has 18 heavy (non-hydrogen) atoms. The first-order valence-electron chi connectivity index (χ1n) is 5.25. The van der Waals surface area contributed by atoms with E-state index >= 15 is 0 Å². The molecule has 1 aromatic carbocycles. The second kappa shape index (κ2) is 4.72. The van der Waals surface area contributed by atoms with Gasteiger partial charge in [-0.25, -0.2) is 4.79 Å². The number of imidazole rings is 1. The number of aromatic nitrogens is 2. The van der Waals surface area contributed by atoms with Crippen molar-refractivity contribution in [1.29, 1.82) is 0 Å². The second-order valence-corrected chi connectivity index (χ2v) is 4.94. The Morgan fingerprint density at radius 2 is 1.83 bits per heavy atom. The van der Waals surface area contributed by atoms with Gasteiger partial charge in [-0.05, 0) is 23.9 Å². The van der Waals surface area contributed by atoms with Crippen LogP contribution in [-0.4, -0.2) is 20.4 Å². The van der Waals surface area contributed by atoms with E-state index in [0.717, 1.165) is 5.52 Å². The molecule has 0 bridgehead atoms. The highest BCUT2D eigenvalue weighted by atomic mass is 32.2. The lowest BCUT2D eigenvalue weighted by atomic mass is 10.3. The number of alkyl halides is 3. The first kappa shape index (κ1) is 13.1. The molecule has 0 saturated heterocycles. The van der Waals surface area contributed by atoms with Crippen molar-refractivity contribution in [3.63, 3.8) is 0 Å². The van der Waals surface area contributed by atoms with Gasteiger partial charge in [-0.3, -0.25) is 9.13 Å². The SMILES string of the molecule is Cn1c(=O)n(CCSC(F)(F)F)c2ccccc21. The Balaban J connectivity index is 2.28. The number of fused-ring (bicyclic) bond motifs is 1. The number of para-hydroxylation sites is 2. The van der Waals surface area contributed by atoms with Crippen molar-refractivity contribution < 1.29 is 13.2 Å². The van der Waals surface area contributed by atoms with Gasteiger partial charge in [0.1, 0.15) is 0 Å². The van der Waals surface area contributed by atoms with Crippen LogP contribution >= 0.6 is 11.8 Å². The maximum absolute atomic E-state index is 12.0. The van der Waals surface area contributed by atoms with Gasteiger partial charge >= 0.3 is 11.2 Å². The second-order valence-electron chi connectivity index (χ2n) is 3.78. The Morgan fingerprint density at radius 1 is 1.22 bits per heavy atom. The molecule has 0 aliphatic rings. The van der Waals surface area contributed by atoms with Crippen LogP contribution < -0.4 is 5.69 Å². The van der Waals surface area contributed by atoms with Crippen LogP contribution in [-0.2, 0) is 13.6 Å². The molecule has 1 aromatic heterocycles. The van der Waals surface area contributed by atoms with E-state index in [1.54, 1.807) is 31.3 Å². The van der Waals surface area contributed by atoms with Crippen LogP contribution in [0, 0.1) is 0 Å². The Kier molecular flexibility index (Phi) is 3.43. The number of halogens is 3. The van der Waals surface area contributed by atoms with Crippen molar-refractivity contribution >= 4 is 22.8 Å². The molecule has 0 fully saturated rings. The van der Waals surface area contributed by atoms with Crippen molar-refractivity contribution in [3.8, 4) is 0 Å². The monoisotopic (exact) mass is 276 g/mol. The van der Waals surface area contributed by atoms with Crippen molar-refractivity contribution in [2.24, 2.45) is 7.05 Å². The van der Waals surface area contributed by atoms with Gasteiger partial charge in [0.05, 0.1) is 11.0 Å². The summed E-state index contributed by atoms with van der Waals surface area (Å²) in [6.07, 6.45) is 0. The standard InChI is InChI=1S/C11H11F3N2OS/c1-15-8-4-2-3-5-9(8)16(10(15)17)6-7-18-11(12,13)14/h2-5H,6-7H2,1H3. The number of nitrogens with zero attached hydrogens (tertiary/aromatic N) is 2. The molecule has 0 aliphatic carbocycles. The predicted molar refractivity (Wildman–Crippen MR) is 65.7 cm³/mol. The maximum atomic E-state index is 12.0. The first-order valence-corrected chi connectivity index (χ1v) is 6.23. The van der Waals surface area contributed by atoms with Crippen molar-refractivity contribution in [3.05, 3.63) is 34.7 Å². The normalized spacial score (nSPS) is 12.2. The molecule has 3 nitrogen and oxygen atoms in total. The minimum absolute atomic E-state index is 0.0460. The van der Waals surface area contributed by atoms with Gasteiger partial charge in [0.15, 0.2) is 0 Å². The molecule has 2 aromatic rings. The quantitative estimate of drug-likeness (QED) is 0.861. The number of hydrogen-bond acceptors (Lipinski definition) is 2. The van der Waals surface area contributed by atoms with E-state index in [4.69, 9.17) is 0 Å². The molecule has 0 saturated carbocycles. The summed E-state index contributed by atoms with van der Waals surface area (Å²) in [4.78, 5) is 11.9. The largest absolute Gasteiger partial charge is 0.441 e. The average molecular weight is 276 g/mol. The van der Waals surface area contributed by atoms with E-state index in [-0.39, 0.29) is 29.7 Å². The highest BCUT2D eigenvalue weighted by Gasteiger charge is 2.27. The van der Waals surface area contributed by atoms with Gasteiger partial charge < -0.3 is 0 Å². The summed E-state index contributed by atoms with van der Waals surface area (Å²) < 4.78 is 39.0. The van der Waals surface area contributed by atoms with Gasteiger partial charge in [-0.15, -0.1) is 0 Å². The summed E-state index contributed by atoms with van der Waals surface area (Å²) >= 11 is -0.114. The number of thioether (sulfide) groups is 1. The van der Waals surface area contributed by atoms with Gasteiger partial charge in [-0.1, -0.05) is 12.1 Å². The van der Waals surface area contributed by atoms with Crippen molar-refractivity contribution in [1.82, 2.24) is 9.13 Å². The fraction of sp³-hybridized carbons (Fsp3) is 0.364. The Bertz CT molecular complexity index is 615. The minimum atomic E-state index is -4.26. The molecular weight excluding hydrogens is 265 g/mol. The minimum Gasteiger partial charge on any atom is -0.295 e. The zero-order valence-electron chi connectivity index (χ0n) is 9.57. The van der Waals surface area contributed by atoms with Crippen molar-refractivity contribution in [2.75, 3.05) is 5.75 Å². The zero-order chi connectivity index (χ0) is 13.3. The molecule has 7 heteroatoms. The van der Waals surface area contributed by atoms with Gasteiger partial charge in [-0.2, -0.15) is 13.2 Å². The third kappa shape index (κ3) is 2.55. The van der Waals surface area contributed by atoms with E-state index in [2.05, 4.69) is 0 Å². The molecule has 0 amide bonds. The lowest BCUT2D eigenvalue weighted by Crippen LogP contribution is -2.23. The summed E-state index contributed by atoms with van der Waals surface area (Å²) in [5.74, 6) is -0.169. The summed E-state index contributed by atoms with van der Waals surface area (Å²) in [7, 11) is 1.61. The highest BCUT2D eigenvalue weighted by Crippen LogP contribution is 2.30. The zero-order valence-corrected chi connectivity index (χ0v) is 10.4. The topological polar surface area (TPSA) is 26.9 Å². The van der Waals surface area contributed by atoms with E-state index < -0.39 is 5.51 Å². The highest BCUT2D eigenvalue weighted by molar-refractivity contribution is 8.00. The fourth-order valence-corrected chi connectivity index (χ4v) is 2.34. The van der Waals surface area contributed by atoms with Gasteiger partial charge in [0, 0.05) is 19.3 Å². The third-order valence-electron chi connectivity index (χ3n) is 2.63. The van der Waals surface area contributed by atoms with E-state index in [1.807, 2.05) is 0 Å². The Morgan fingerprint density at radius 3 is 2.44 bits per heavy atom. The Hall–Kier alpha value is -1.37. The van der Waals surface area contributed by atoms with Crippen LogP contribution in [0.5, 0.6) is 0 Å². The smallest absolute Gasteiger partial charge is 0.295 e. The van der Waals surface area contributed by atoms with Gasteiger partial charge in [0.2, 0.25) is 0 Å². The summed E-state index contributed by atoms with van der Waals surface area (Å²) in [6, 6.07) is 7.05. The molecule has 1 heterocycles. The molecule has 0 N–H and O–H groups in total. The van der Waals surface area contributed by atoms with Crippen LogP contribution in [0.2, 0.25) is 0 Å². The molecule has 0 atom stereocenters. The average Bonchev–Trinajstić information content (AvgIpc) is 2.53. The van der Waals surface area contributed by atoms with Crippen LogP contribution in [0.15, 0.2) is 29.1 Å². The summed E-state index contributed by atoms with van der Waals surface area (Å²) in [5.41, 5.74) is -3.17. The van der Waals surface area contributed by atoms with Gasteiger partial charge in [0.25, 0.3) is 0 Å². The third-order valence-corrected chi connectivity index (χ3v) is 3.35. The number of benzene rings is 1. The number of hydrogen-bond donors (Lipinski definition) is 0. The fourth-order valence-electron chi connectivity index (χ4n) is 1.83. The van der Waals surface area contributed by atoms with Crippen LogP contribution in [0.4, 0.5) is 13.2 Å². The Labute approximate surface area is 105 Å². The van der Waals surface area contributed by atoms with Crippen LogP contribution in [0.25, 0.3) is 11.0 Å². The van der Waals surface area contributed by atoms with Crippen molar-refractivity contribution in [2.45, 2.75) is 12.1 Å². The molecule has 98 valence electrons. The summed E-state index contributed by atoms with van der Waals surface area (Å²) in [5, 5.41) is 0. The number of rotatable bonds is 3.